The van der Waals surface area contributed by atoms with E-state index in [-0.39, 0.29) is 25.2 Å². The number of hydrogen-bond donors (Lipinski definition) is 2. The smallest absolute Gasteiger partial charge is 0.308 e. The first-order chi connectivity index (χ1) is 28.2. The van der Waals surface area contributed by atoms with Crippen LogP contribution in [0.1, 0.15) is 88.0 Å². The second-order valence-corrected chi connectivity index (χ2v) is 16.2. The fourth-order valence-electron chi connectivity index (χ4n) is 7.61. The molecular formula is C43H71NO16. The van der Waals surface area contributed by atoms with Gasteiger partial charge in [-0.2, -0.15) is 0 Å². The van der Waals surface area contributed by atoms with Crippen molar-refractivity contribution in [3.8, 4) is 0 Å². The van der Waals surface area contributed by atoms with Crippen molar-refractivity contribution in [2.75, 3.05) is 34.9 Å². The number of aldehydes is 1. The zero-order valence-electron chi connectivity index (χ0n) is 37.6. The zero-order valence-corrected chi connectivity index (χ0v) is 37.6. The summed E-state index contributed by atoms with van der Waals surface area (Å²) in [6.07, 6.45) is -5.12. The lowest BCUT2D eigenvalue weighted by Crippen LogP contribution is -2.65. The molecule has 17 heteroatoms. The molecule has 0 radical (unpaired) electrons. The average molecular weight is 858 g/mol. The van der Waals surface area contributed by atoms with Crippen LogP contribution >= 0.6 is 0 Å². The van der Waals surface area contributed by atoms with Gasteiger partial charge in [0.15, 0.2) is 30.8 Å². The minimum Gasteiger partial charge on any atom is -0.462 e. The Balaban J connectivity index is 2.61. The Morgan fingerprint density at radius 3 is 2.17 bits per heavy atom. The Bertz CT molecular complexity index is 1440. The maximum atomic E-state index is 13.7. The lowest BCUT2D eigenvalue weighted by molar-refractivity contribution is -0.308. The van der Waals surface area contributed by atoms with Crippen LogP contribution in [0.3, 0.4) is 0 Å². The van der Waals surface area contributed by atoms with Crippen molar-refractivity contribution in [2.24, 2.45) is 23.7 Å². The van der Waals surface area contributed by atoms with Crippen molar-refractivity contribution in [3.05, 3.63) is 23.8 Å². The summed E-state index contributed by atoms with van der Waals surface area (Å²) in [7, 11) is 6.29. The molecule has 2 N–H and O–H groups in total. The molecule has 2 rings (SSSR count). The molecular weight excluding hydrogens is 786 g/mol. The zero-order chi connectivity index (χ0) is 45.4. The number of carbonyl (C=O) groups excluding carboxylic acids is 5. The van der Waals surface area contributed by atoms with Crippen LogP contribution in [0.4, 0.5) is 0 Å². The van der Waals surface area contributed by atoms with Crippen LogP contribution in [0, 0.1) is 23.7 Å². The number of methoxy groups -OCH3 is 2. The molecule has 0 aliphatic carbocycles. The number of ether oxygens (including phenoxy) is 9. The first-order valence-corrected chi connectivity index (χ1v) is 20.7. The molecule has 0 bridgehead atoms. The standard InChI is InChI=1S/C43H71NO16/c1-14-35-32(22-54-42(28(7)52-12)56-27(6)41(51)53-13)19-23(2)15-16-33(48)24(3)20-31(17-18-45)38(25(4)34(49)21-36(50)59-35)60-43-40(58-30(9)47)37(44(10)11)39(26(5)55-43)57-29(8)46/h15-16,18-19,24-28,31-32,34-35,37-43,49,51H,14,17,20-22H2,1-13H3/b16-15+,23-19+/t24-,25+,26?,27?,28?,31+,32?,34-,35-,37?,38-,39?,40?,41+,42?,43?/m1/s1. The highest BCUT2D eigenvalue weighted by molar-refractivity contribution is 5.91. The maximum absolute atomic E-state index is 13.7. The third-order valence-corrected chi connectivity index (χ3v) is 11.1. The van der Waals surface area contributed by atoms with Crippen LogP contribution in [0.2, 0.25) is 0 Å². The van der Waals surface area contributed by atoms with E-state index in [1.807, 2.05) is 13.0 Å². The molecule has 1 fully saturated rings. The number of nitrogens with zero attached hydrogens (tertiary/aromatic N) is 1. The quantitative estimate of drug-likeness (QED) is 0.0930. The number of cyclic esters (lactones) is 1. The fourth-order valence-corrected chi connectivity index (χ4v) is 7.61. The third kappa shape index (κ3) is 16.0. The number of aliphatic hydroxyl groups excluding tert-OH is 2. The van der Waals surface area contributed by atoms with E-state index in [2.05, 4.69) is 0 Å². The largest absolute Gasteiger partial charge is 0.462 e. The molecule has 16 atom stereocenters. The van der Waals surface area contributed by atoms with Gasteiger partial charge >= 0.3 is 17.9 Å². The van der Waals surface area contributed by atoms with E-state index in [1.165, 1.54) is 34.1 Å². The summed E-state index contributed by atoms with van der Waals surface area (Å²) in [5.74, 6) is -4.88. The molecule has 344 valence electrons. The fraction of sp³-hybridized carbons (Fsp3) is 0.791. The average Bonchev–Trinajstić information content (AvgIpc) is 3.18. The first kappa shape index (κ1) is 53.0. The number of allylic oxidation sites excluding steroid dienone is 3. The minimum atomic E-state index is -1.37. The predicted octanol–water partition coefficient (Wildman–Crippen LogP) is 3.30. The maximum Gasteiger partial charge on any atom is 0.308 e. The lowest BCUT2D eigenvalue weighted by atomic mass is 9.79. The van der Waals surface area contributed by atoms with Gasteiger partial charge < -0.3 is 57.6 Å². The van der Waals surface area contributed by atoms with Crippen molar-refractivity contribution in [1.29, 1.82) is 0 Å². The third-order valence-electron chi connectivity index (χ3n) is 11.1. The van der Waals surface area contributed by atoms with E-state index in [4.69, 9.17) is 42.6 Å². The second kappa shape index (κ2) is 25.7. The van der Waals surface area contributed by atoms with Crippen molar-refractivity contribution >= 4 is 30.0 Å². The van der Waals surface area contributed by atoms with Gasteiger partial charge in [0.05, 0.1) is 37.4 Å². The molecule has 0 aromatic heterocycles. The Labute approximate surface area is 355 Å². The molecule has 0 spiro atoms. The van der Waals surface area contributed by atoms with Gasteiger partial charge in [-0.3, -0.25) is 24.1 Å². The van der Waals surface area contributed by atoms with E-state index in [9.17, 15) is 34.2 Å². The Hall–Kier alpha value is -3.13. The number of hydrogen-bond acceptors (Lipinski definition) is 17. The van der Waals surface area contributed by atoms with Gasteiger partial charge in [-0.05, 0) is 66.6 Å². The van der Waals surface area contributed by atoms with Gasteiger partial charge in [0.1, 0.15) is 30.7 Å². The van der Waals surface area contributed by atoms with E-state index in [0.717, 1.165) is 0 Å². The van der Waals surface area contributed by atoms with Crippen LogP contribution in [0.5, 0.6) is 0 Å². The van der Waals surface area contributed by atoms with Crippen molar-refractivity contribution in [3.63, 3.8) is 0 Å². The normalized spacial score (nSPS) is 34.6. The molecule has 0 saturated carbocycles. The summed E-state index contributed by atoms with van der Waals surface area (Å²) < 4.78 is 53.0. The summed E-state index contributed by atoms with van der Waals surface area (Å²) in [4.78, 5) is 66.0. The predicted molar refractivity (Wildman–Crippen MR) is 217 cm³/mol. The Morgan fingerprint density at radius 1 is 0.983 bits per heavy atom. The molecule has 2 heterocycles. The number of aliphatic hydroxyl groups is 2. The molecule has 17 nitrogen and oxygen atoms in total. The molecule has 9 unspecified atom stereocenters. The Kier molecular flexibility index (Phi) is 22.7. The SMILES string of the molecule is CC[C@H]1OC(=O)C[C@@H](O)[C@H](C)[C@@H](OC2OC(C)C(OC(C)=O)C(N(C)C)C2OC(C)=O)[C@@H](CC=O)C[C@@H](C)C(=O)/C=C/C(C)=C/C1COC(OC(C)[C@@H](O)OC)C(C)OC. The summed E-state index contributed by atoms with van der Waals surface area (Å²) in [5, 5.41) is 21.9. The molecule has 60 heavy (non-hydrogen) atoms. The van der Waals surface area contributed by atoms with Gasteiger partial charge in [-0.15, -0.1) is 0 Å². The number of likely N-dealkylation sites (N-methyl/N-ethyl adjacent to an activating group) is 1. The number of ketones is 1. The van der Waals surface area contributed by atoms with Crippen LogP contribution in [0.15, 0.2) is 23.8 Å². The minimum absolute atomic E-state index is 0.0205. The summed E-state index contributed by atoms with van der Waals surface area (Å²) in [6.45, 7) is 14.5. The lowest BCUT2D eigenvalue weighted by Gasteiger charge is -2.48. The van der Waals surface area contributed by atoms with Crippen molar-refractivity contribution in [2.45, 2.75) is 162 Å². The number of carbonyl (C=O) groups is 5. The summed E-state index contributed by atoms with van der Waals surface area (Å²) >= 11 is 0. The van der Waals surface area contributed by atoms with Gasteiger partial charge in [0.2, 0.25) is 0 Å². The van der Waals surface area contributed by atoms with Crippen molar-refractivity contribution in [1.82, 2.24) is 4.90 Å². The van der Waals surface area contributed by atoms with Crippen LogP contribution in [0.25, 0.3) is 0 Å². The second-order valence-electron chi connectivity index (χ2n) is 16.2. The van der Waals surface area contributed by atoms with E-state index in [1.54, 1.807) is 66.6 Å². The topological polar surface area (TPSA) is 212 Å². The van der Waals surface area contributed by atoms with Gasteiger partial charge in [0.25, 0.3) is 0 Å². The molecule has 2 aliphatic heterocycles. The molecule has 0 amide bonds. The van der Waals surface area contributed by atoms with Gasteiger partial charge in [0, 0.05) is 52.2 Å². The summed E-state index contributed by atoms with van der Waals surface area (Å²) in [6, 6.07) is -0.734. The molecule has 2 aliphatic rings. The molecule has 1 saturated heterocycles. The number of esters is 3. The Morgan fingerprint density at radius 2 is 1.62 bits per heavy atom. The van der Waals surface area contributed by atoms with Gasteiger partial charge in [-0.1, -0.05) is 38.5 Å². The van der Waals surface area contributed by atoms with E-state index in [0.29, 0.717) is 18.3 Å². The molecule has 0 aromatic rings. The molecule has 0 aromatic carbocycles. The van der Waals surface area contributed by atoms with E-state index < -0.39 is 122 Å². The number of rotatable bonds is 17. The van der Waals surface area contributed by atoms with E-state index >= 15 is 0 Å². The highest BCUT2D eigenvalue weighted by Crippen LogP contribution is 2.36. The van der Waals surface area contributed by atoms with Crippen LogP contribution < -0.4 is 0 Å². The van der Waals surface area contributed by atoms with Crippen LogP contribution in [-0.2, 0) is 66.6 Å². The first-order valence-electron chi connectivity index (χ1n) is 20.7. The highest BCUT2D eigenvalue weighted by Gasteiger charge is 2.51. The van der Waals surface area contributed by atoms with Crippen LogP contribution in [-0.4, -0.2) is 154 Å². The highest BCUT2D eigenvalue weighted by atomic mass is 16.7. The monoisotopic (exact) mass is 857 g/mol. The van der Waals surface area contributed by atoms with Gasteiger partial charge in [-0.25, -0.2) is 0 Å². The summed E-state index contributed by atoms with van der Waals surface area (Å²) in [5.41, 5.74) is 0.674. The van der Waals surface area contributed by atoms with Crippen molar-refractivity contribution < 1.29 is 76.8 Å².